The third kappa shape index (κ3) is 3.08. The molecule has 0 fully saturated rings. The molecule has 1 aromatic carbocycles. The number of benzene rings is 1. The van der Waals surface area contributed by atoms with Gasteiger partial charge in [-0.1, -0.05) is 13.5 Å². The van der Waals surface area contributed by atoms with Crippen LogP contribution in [0.3, 0.4) is 0 Å². The number of aromatic nitrogens is 2. The van der Waals surface area contributed by atoms with Crippen molar-refractivity contribution in [3.05, 3.63) is 65.9 Å². The van der Waals surface area contributed by atoms with Gasteiger partial charge < -0.3 is 11.5 Å². The summed E-state index contributed by atoms with van der Waals surface area (Å²) in [7, 11) is 0. The molecule has 2 nitrogen and oxygen atoms in total. The molecule has 1 radical (unpaired) electrons. The van der Waals surface area contributed by atoms with E-state index in [-0.39, 0.29) is 40.1 Å². The predicted molar refractivity (Wildman–Crippen MR) is 90.1 cm³/mol. The maximum absolute atomic E-state index is 4.60. The monoisotopic (exact) mass is 384 g/mol. The van der Waals surface area contributed by atoms with Crippen LogP contribution in [0.2, 0.25) is 0 Å². The summed E-state index contributed by atoms with van der Waals surface area (Å²) >= 11 is 1.72. The second-order valence-electron chi connectivity index (χ2n) is 5.17. The van der Waals surface area contributed by atoms with Gasteiger partial charge in [0.25, 0.3) is 0 Å². The molecule has 0 spiro atoms. The fraction of sp³-hybridized carbons (Fsp3) is 0.222. The summed E-state index contributed by atoms with van der Waals surface area (Å²) in [5, 5.41) is 0.925. The van der Waals surface area contributed by atoms with Crippen molar-refractivity contribution in [2.45, 2.75) is 26.7 Å². The van der Waals surface area contributed by atoms with Gasteiger partial charge in [0, 0.05) is 50.8 Å². The van der Waals surface area contributed by atoms with Crippen molar-refractivity contribution in [2.24, 2.45) is 0 Å². The van der Waals surface area contributed by atoms with Gasteiger partial charge in [-0.3, -0.25) is 4.98 Å². The molecular weight excluding hydrogens is 365 g/mol. The van der Waals surface area contributed by atoms with Gasteiger partial charge in [-0.15, -0.1) is 0 Å². The second-order valence-corrected chi connectivity index (χ2v) is 6.25. The van der Waals surface area contributed by atoms with Crippen molar-refractivity contribution in [1.82, 2.24) is 9.55 Å². The minimum atomic E-state index is 0. The first-order valence-electron chi connectivity index (χ1n) is 6.89. The first kappa shape index (κ1) is 17.5. The van der Waals surface area contributed by atoms with Gasteiger partial charge in [-0.25, -0.2) is 0 Å². The van der Waals surface area contributed by atoms with Crippen LogP contribution in [-0.2, 0) is 45.6 Å². The van der Waals surface area contributed by atoms with Gasteiger partial charge in [-0.05, 0) is 59.7 Å². The van der Waals surface area contributed by atoms with E-state index in [4.69, 9.17) is 0 Å². The SMILES string of the molecule is C.[CH2-]c1nc2c(s1)-c1cc(-n3cccc3)ccc1CCC2.[Y]. The summed E-state index contributed by atoms with van der Waals surface area (Å²) in [4.78, 5) is 5.92. The quantitative estimate of drug-likeness (QED) is 0.546. The van der Waals surface area contributed by atoms with E-state index in [1.54, 1.807) is 11.3 Å². The van der Waals surface area contributed by atoms with E-state index in [1.165, 1.54) is 33.8 Å². The smallest absolute Gasteiger partial charge is 0.0563 e. The van der Waals surface area contributed by atoms with Crippen molar-refractivity contribution in [2.75, 3.05) is 0 Å². The molecule has 0 saturated heterocycles. The summed E-state index contributed by atoms with van der Waals surface area (Å²) < 4.78 is 2.15. The fourth-order valence-electron chi connectivity index (χ4n) is 2.89. The Balaban J connectivity index is 0.000000882. The predicted octanol–water partition coefficient (Wildman–Crippen LogP) is 4.91. The average Bonchev–Trinajstić information content (AvgIpc) is 3.06. The Morgan fingerprint density at radius 1 is 1.14 bits per heavy atom. The summed E-state index contributed by atoms with van der Waals surface area (Å²) in [6.45, 7) is 4.00. The zero-order valence-corrected chi connectivity index (χ0v) is 15.4. The van der Waals surface area contributed by atoms with E-state index in [0.29, 0.717) is 0 Å². The molecule has 0 unspecified atom stereocenters. The molecule has 2 aromatic heterocycles. The van der Waals surface area contributed by atoms with Crippen LogP contribution in [0.1, 0.15) is 30.1 Å². The number of fused-ring (bicyclic) bond motifs is 3. The average molecular weight is 384 g/mol. The van der Waals surface area contributed by atoms with Gasteiger partial charge in [0.2, 0.25) is 0 Å². The van der Waals surface area contributed by atoms with Gasteiger partial charge in [-0.2, -0.15) is 11.3 Å². The fourth-order valence-corrected chi connectivity index (χ4v) is 3.85. The van der Waals surface area contributed by atoms with Crippen LogP contribution in [0.25, 0.3) is 16.1 Å². The molecule has 0 bridgehead atoms. The van der Waals surface area contributed by atoms with Crippen LogP contribution in [0.4, 0.5) is 0 Å². The van der Waals surface area contributed by atoms with Crippen molar-refractivity contribution in [3.8, 4) is 16.1 Å². The van der Waals surface area contributed by atoms with Crippen LogP contribution in [0, 0.1) is 6.92 Å². The summed E-state index contributed by atoms with van der Waals surface area (Å²) in [6, 6.07) is 10.9. The zero-order valence-electron chi connectivity index (χ0n) is 11.7. The molecule has 1 aliphatic rings. The van der Waals surface area contributed by atoms with E-state index < -0.39 is 0 Å². The zero-order chi connectivity index (χ0) is 13.5. The number of aryl methyl sites for hydroxylation is 2. The number of thiazole rings is 1. The molecule has 0 saturated carbocycles. The molecule has 111 valence electrons. The topological polar surface area (TPSA) is 17.8 Å². The van der Waals surface area contributed by atoms with Crippen LogP contribution in [-0.4, -0.2) is 9.55 Å². The van der Waals surface area contributed by atoms with E-state index in [2.05, 4.69) is 59.2 Å². The van der Waals surface area contributed by atoms with Gasteiger partial charge in [0.15, 0.2) is 0 Å². The normalized spacial score (nSPS) is 12.4. The molecule has 2 heterocycles. The van der Waals surface area contributed by atoms with Crippen LogP contribution < -0.4 is 0 Å². The molecule has 0 N–H and O–H groups in total. The Hall–Kier alpha value is -0.896. The third-order valence-corrected chi connectivity index (χ3v) is 4.83. The molecule has 3 aromatic rings. The third-order valence-electron chi connectivity index (χ3n) is 3.84. The van der Waals surface area contributed by atoms with Crippen LogP contribution in [0.15, 0.2) is 42.7 Å². The first-order valence-corrected chi connectivity index (χ1v) is 7.71. The van der Waals surface area contributed by atoms with Gasteiger partial charge >= 0.3 is 0 Å². The maximum Gasteiger partial charge on any atom is 0.0563 e. The Bertz CT molecular complexity index is 759. The Kier molecular flexibility index (Phi) is 5.65. The minimum absolute atomic E-state index is 0. The first-order chi connectivity index (χ1) is 9.81. The van der Waals surface area contributed by atoms with Crippen molar-refractivity contribution in [3.63, 3.8) is 0 Å². The number of nitrogens with zero attached hydrogens (tertiary/aromatic N) is 2. The van der Waals surface area contributed by atoms with Crippen molar-refractivity contribution >= 4 is 11.3 Å². The number of rotatable bonds is 1. The summed E-state index contributed by atoms with van der Waals surface area (Å²) in [5.41, 5.74) is 5.21. The van der Waals surface area contributed by atoms with Crippen molar-refractivity contribution < 1.29 is 32.7 Å². The molecule has 0 aliphatic heterocycles. The standard InChI is InChI=1S/C17H15N2S.CH4.Y/c1-12-18-16-6-4-5-13-7-8-14(19-9-2-3-10-19)11-15(13)17(16)20-12;;/h2-3,7-11H,1,4-6H2;1H4;/q-1;;. The molecule has 22 heavy (non-hydrogen) atoms. The van der Waals surface area contributed by atoms with E-state index in [9.17, 15) is 0 Å². The number of hydrogen-bond donors (Lipinski definition) is 0. The molecule has 0 atom stereocenters. The largest absolute Gasteiger partial charge is 0.346 e. The van der Waals surface area contributed by atoms with Gasteiger partial charge in [0.05, 0.1) is 10.6 Å². The summed E-state index contributed by atoms with van der Waals surface area (Å²) in [5.74, 6) is 0. The number of hydrogen-bond acceptors (Lipinski definition) is 2. The molecule has 1 aliphatic carbocycles. The molecular formula is C18H19N2SY-. The molecule has 4 rings (SSSR count). The van der Waals surface area contributed by atoms with Crippen LogP contribution in [0.5, 0.6) is 0 Å². The second kappa shape index (κ2) is 7.12. The van der Waals surface area contributed by atoms with E-state index in [1.807, 2.05) is 0 Å². The Labute approximate surface area is 161 Å². The van der Waals surface area contributed by atoms with Crippen molar-refractivity contribution in [1.29, 1.82) is 0 Å². The van der Waals surface area contributed by atoms with Crippen LogP contribution >= 0.6 is 11.3 Å². The molecule has 4 heteroatoms. The van der Waals surface area contributed by atoms with Gasteiger partial charge in [0.1, 0.15) is 0 Å². The van der Waals surface area contributed by atoms with E-state index in [0.717, 1.165) is 17.8 Å². The minimum Gasteiger partial charge on any atom is -0.346 e. The Morgan fingerprint density at radius 3 is 2.68 bits per heavy atom. The Morgan fingerprint density at radius 2 is 1.91 bits per heavy atom. The summed E-state index contributed by atoms with van der Waals surface area (Å²) in [6.07, 6.45) is 7.54. The maximum atomic E-state index is 4.60. The van der Waals surface area contributed by atoms with E-state index >= 15 is 0 Å². The molecule has 0 amide bonds.